The van der Waals surface area contributed by atoms with E-state index in [9.17, 15) is 9.59 Å². The Balaban J connectivity index is 1.75. The van der Waals surface area contributed by atoms with E-state index in [4.69, 9.17) is 9.47 Å². The third-order valence-corrected chi connectivity index (χ3v) is 3.86. The first-order valence-corrected chi connectivity index (χ1v) is 8.68. The third-order valence-electron chi connectivity index (χ3n) is 3.86. The van der Waals surface area contributed by atoms with Gasteiger partial charge in [-0.05, 0) is 61.7 Å². The fraction of sp³-hybridized carbons (Fsp3) is 0.238. The number of rotatable bonds is 7. The van der Waals surface area contributed by atoms with Gasteiger partial charge in [0.15, 0.2) is 6.61 Å². The highest BCUT2D eigenvalue weighted by Crippen LogP contribution is 2.20. The van der Waals surface area contributed by atoms with Crippen LogP contribution in [0.5, 0.6) is 11.5 Å². The van der Waals surface area contributed by atoms with Crippen molar-refractivity contribution in [3.8, 4) is 11.5 Å². The molecule has 142 valence electrons. The van der Waals surface area contributed by atoms with Gasteiger partial charge in [0.2, 0.25) is 0 Å². The van der Waals surface area contributed by atoms with Gasteiger partial charge in [0.1, 0.15) is 11.5 Å². The average Bonchev–Trinajstić information content (AvgIpc) is 2.67. The van der Waals surface area contributed by atoms with Gasteiger partial charge >= 0.3 is 0 Å². The molecule has 0 aromatic heterocycles. The van der Waals surface area contributed by atoms with Crippen molar-refractivity contribution in [3.63, 3.8) is 0 Å². The van der Waals surface area contributed by atoms with E-state index in [2.05, 4.69) is 10.9 Å². The SMILES string of the molecule is CCOc1ccc(/C=C/C(=O)NNC(=O)COc2cccc(C)c2C)cc1. The first-order chi connectivity index (χ1) is 13.0. The summed E-state index contributed by atoms with van der Waals surface area (Å²) in [4.78, 5) is 23.6. The number of carbonyl (C=O) groups is 2. The molecule has 2 aromatic carbocycles. The molecule has 2 N–H and O–H groups in total. The van der Waals surface area contributed by atoms with Crippen LogP contribution in [0.1, 0.15) is 23.6 Å². The summed E-state index contributed by atoms with van der Waals surface area (Å²) in [6.45, 7) is 6.23. The molecule has 0 bridgehead atoms. The number of nitrogens with one attached hydrogen (secondary N) is 2. The second-order valence-electron chi connectivity index (χ2n) is 5.86. The van der Waals surface area contributed by atoms with E-state index in [-0.39, 0.29) is 6.61 Å². The van der Waals surface area contributed by atoms with Crippen LogP contribution < -0.4 is 20.3 Å². The zero-order valence-corrected chi connectivity index (χ0v) is 15.7. The Morgan fingerprint density at radius 2 is 1.74 bits per heavy atom. The van der Waals surface area contributed by atoms with E-state index in [0.29, 0.717) is 12.4 Å². The van der Waals surface area contributed by atoms with Crippen molar-refractivity contribution in [2.45, 2.75) is 20.8 Å². The van der Waals surface area contributed by atoms with Crippen LogP contribution in [0.2, 0.25) is 0 Å². The molecule has 0 atom stereocenters. The quantitative estimate of drug-likeness (QED) is 0.582. The molecule has 2 aromatic rings. The minimum atomic E-state index is -0.446. The number of benzene rings is 2. The zero-order chi connectivity index (χ0) is 19.6. The van der Waals surface area contributed by atoms with Crippen molar-refractivity contribution >= 4 is 17.9 Å². The van der Waals surface area contributed by atoms with Crippen molar-refractivity contribution in [1.82, 2.24) is 10.9 Å². The molecule has 0 aliphatic heterocycles. The monoisotopic (exact) mass is 368 g/mol. The Labute approximate surface area is 159 Å². The topological polar surface area (TPSA) is 76.7 Å². The lowest BCUT2D eigenvalue weighted by Crippen LogP contribution is -2.43. The van der Waals surface area contributed by atoms with E-state index in [1.807, 2.05) is 57.2 Å². The number of amides is 2. The van der Waals surface area contributed by atoms with Crippen LogP contribution in [0.25, 0.3) is 6.08 Å². The highest BCUT2D eigenvalue weighted by molar-refractivity contribution is 5.93. The van der Waals surface area contributed by atoms with E-state index in [0.717, 1.165) is 22.4 Å². The van der Waals surface area contributed by atoms with Crippen LogP contribution in [0.15, 0.2) is 48.5 Å². The van der Waals surface area contributed by atoms with Crippen molar-refractivity contribution < 1.29 is 19.1 Å². The maximum Gasteiger partial charge on any atom is 0.276 e. The van der Waals surface area contributed by atoms with Crippen LogP contribution in [-0.2, 0) is 9.59 Å². The summed E-state index contributed by atoms with van der Waals surface area (Å²) in [6, 6.07) is 13.0. The van der Waals surface area contributed by atoms with Gasteiger partial charge in [0.05, 0.1) is 6.61 Å². The molecule has 0 aliphatic rings. The largest absolute Gasteiger partial charge is 0.494 e. The van der Waals surface area contributed by atoms with E-state index >= 15 is 0 Å². The summed E-state index contributed by atoms with van der Waals surface area (Å²) in [6.07, 6.45) is 2.98. The molecule has 2 amide bonds. The molecule has 0 saturated carbocycles. The predicted molar refractivity (Wildman–Crippen MR) is 104 cm³/mol. The smallest absolute Gasteiger partial charge is 0.276 e. The predicted octanol–water partition coefficient (Wildman–Crippen LogP) is 2.94. The Bertz CT molecular complexity index is 813. The summed E-state index contributed by atoms with van der Waals surface area (Å²) < 4.78 is 10.8. The molecule has 0 radical (unpaired) electrons. The van der Waals surface area contributed by atoms with Crippen molar-refractivity contribution in [1.29, 1.82) is 0 Å². The molecule has 6 heteroatoms. The number of carbonyl (C=O) groups excluding carboxylic acids is 2. The second-order valence-corrected chi connectivity index (χ2v) is 5.86. The van der Waals surface area contributed by atoms with Crippen LogP contribution in [0.4, 0.5) is 0 Å². The van der Waals surface area contributed by atoms with Crippen LogP contribution in [0.3, 0.4) is 0 Å². The molecule has 27 heavy (non-hydrogen) atoms. The fourth-order valence-electron chi connectivity index (χ4n) is 2.25. The summed E-state index contributed by atoms with van der Waals surface area (Å²) >= 11 is 0. The summed E-state index contributed by atoms with van der Waals surface area (Å²) in [5.41, 5.74) is 7.54. The van der Waals surface area contributed by atoms with E-state index < -0.39 is 11.8 Å². The van der Waals surface area contributed by atoms with Gasteiger partial charge in [-0.2, -0.15) is 0 Å². The summed E-state index contributed by atoms with van der Waals surface area (Å²) in [5.74, 6) is 0.532. The van der Waals surface area contributed by atoms with Crippen LogP contribution in [0, 0.1) is 13.8 Å². The molecule has 0 saturated heterocycles. The molecule has 0 fully saturated rings. The van der Waals surface area contributed by atoms with Crippen LogP contribution in [-0.4, -0.2) is 25.0 Å². The van der Waals surface area contributed by atoms with Gasteiger partial charge in [-0.3, -0.25) is 20.4 Å². The molecule has 6 nitrogen and oxygen atoms in total. The first kappa shape index (κ1) is 20.0. The summed E-state index contributed by atoms with van der Waals surface area (Å²) in [7, 11) is 0. The fourth-order valence-corrected chi connectivity index (χ4v) is 2.25. The molecular formula is C21H24N2O4. The molecule has 0 spiro atoms. The van der Waals surface area contributed by atoms with E-state index in [1.165, 1.54) is 6.08 Å². The maximum absolute atomic E-state index is 11.8. The summed E-state index contributed by atoms with van der Waals surface area (Å²) in [5, 5.41) is 0. The van der Waals surface area contributed by atoms with Gasteiger partial charge in [-0.1, -0.05) is 24.3 Å². The van der Waals surface area contributed by atoms with Gasteiger partial charge in [0, 0.05) is 6.08 Å². The minimum absolute atomic E-state index is 0.187. The molecule has 0 aliphatic carbocycles. The number of ether oxygens (including phenoxy) is 2. The average molecular weight is 368 g/mol. The lowest BCUT2D eigenvalue weighted by molar-refractivity contribution is -0.128. The molecular weight excluding hydrogens is 344 g/mol. The number of aryl methyl sites for hydroxylation is 1. The van der Waals surface area contributed by atoms with Gasteiger partial charge in [0.25, 0.3) is 11.8 Å². The van der Waals surface area contributed by atoms with Gasteiger partial charge in [-0.15, -0.1) is 0 Å². The first-order valence-electron chi connectivity index (χ1n) is 8.68. The Kier molecular flexibility index (Phi) is 7.43. The normalized spacial score (nSPS) is 10.5. The maximum atomic E-state index is 11.8. The van der Waals surface area contributed by atoms with Crippen molar-refractivity contribution in [2.75, 3.05) is 13.2 Å². The Morgan fingerprint density at radius 3 is 2.44 bits per heavy atom. The number of hydrogen-bond acceptors (Lipinski definition) is 4. The molecule has 0 unspecified atom stereocenters. The van der Waals surface area contributed by atoms with Crippen LogP contribution >= 0.6 is 0 Å². The van der Waals surface area contributed by atoms with Crippen molar-refractivity contribution in [3.05, 3.63) is 65.2 Å². The highest BCUT2D eigenvalue weighted by Gasteiger charge is 2.06. The number of hydrogen-bond donors (Lipinski definition) is 2. The van der Waals surface area contributed by atoms with E-state index in [1.54, 1.807) is 12.1 Å². The van der Waals surface area contributed by atoms with Crippen molar-refractivity contribution in [2.24, 2.45) is 0 Å². The lowest BCUT2D eigenvalue weighted by Gasteiger charge is -2.11. The highest BCUT2D eigenvalue weighted by atomic mass is 16.5. The van der Waals surface area contributed by atoms with Gasteiger partial charge < -0.3 is 9.47 Å². The van der Waals surface area contributed by atoms with Gasteiger partial charge in [-0.25, -0.2) is 0 Å². The molecule has 0 heterocycles. The Morgan fingerprint density at radius 1 is 1.00 bits per heavy atom. The standard InChI is InChI=1S/C21H24N2O4/c1-4-26-18-11-8-17(9-12-18)10-13-20(24)22-23-21(25)14-27-19-7-5-6-15(2)16(19)3/h5-13H,4,14H2,1-3H3,(H,22,24)(H,23,25)/b13-10+. The Hall–Kier alpha value is -3.28. The zero-order valence-electron chi connectivity index (χ0n) is 15.7. The number of hydrazine groups is 1. The minimum Gasteiger partial charge on any atom is -0.494 e. The lowest BCUT2D eigenvalue weighted by atomic mass is 10.1. The molecule has 2 rings (SSSR count). The second kappa shape index (κ2) is 10.0. The third kappa shape index (κ3) is 6.51.